The summed E-state index contributed by atoms with van der Waals surface area (Å²) in [6.45, 7) is 5.23. The van der Waals surface area contributed by atoms with Crippen molar-refractivity contribution in [3.05, 3.63) is 91.8 Å². The molecule has 0 fully saturated rings. The predicted molar refractivity (Wildman–Crippen MR) is 156 cm³/mol. The van der Waals surface area contributed by atoms with Gasteiger partial charge >= 0.3 is 5.97 Å². The van der Waals surface area contributed by atoms with E-state index in [0.29, 0.717) is 0 Å². The molecule has 0 saturated heterocycles. The monoisotopic (exact) mass is 621 g/mol. The van der Waals surface area contributed by atoms with Gasteiger partial charge in [0.2, 0.25) is 5.91 Å². The Hall–Kier alpha value is -3.76. The van der Waals surface area contributed by atoms with Crippen molar-refractivity contribution >= 4 is 41.0 Å². The number of benzene rings is 2. The maximum absolute atomic E-state index is 15.3. The lowest BCUT2D eigenvalue weighted by molar-refractivity contribution is -0.143. The smallest absolute Gasteiger partial charge is 0.308 e. The van der Waals surface area contributed by atoms with Crippen molar-refractivity contribution in [1.29, 1.82) is 0 Å². The van der Waals surface area contributed by atoms with Crippen molar-refractivity contribution < 1.29 is 27.9 Å². The first kappa shape index (κ1) is 32.8. The van der Waals surface area contributed by atoms with Crippen LogP contribution < -0.4 is 16.2 Å². The van der Waals surface area contributed by atoms with E-state index in [9.17, 15) is 23.6 Å². The van der Waals surface area contributed by atoms with Crippen LogP contribution in [0.2, 0.25) is 10.0 Å². The summed E-state index contributed by atoms with van der Waals surface area (Å²) in [5.41, 5.74) is -0.742. The summed E-state index contributed by atoms with van der Waals surface area (Å²) >= 11 is 12.6. The van der Waals surface area contributed by atoms with Crippen LogP contribution in [-0.4, -0.2) is 35.0 Å². The molecule has 224 valence electrons. The molecule has 3 rings (SSSR count). The molecule has 0 saturated carbocycles. The zero-order valence-corrected chi connectivity index (χ0v) is 25.0. The van der Waals surface area contributed by atoms with Gasteiger partial charge in [0.05, 0.1) is 19.1 Å². The third kappa shape index (κ3) is 7.95. The number of carbonyl (C=O) groups is 3. The highest BCUT2D eigenvalue weighted by atomic mass is 35.5. The minimum Gasteiger partial charge on any atom is -0.466 e. The number of hydrogen-bond donors (Lipinski definition) is 2. The molecule has 0 unspecified atom stereocenters. The first-order chi connectivity index (χ1) is 19.8. The van der Waals surface area contributed by atoms with Gasteiger partial charge in [-0.3, -0.25) is 19.2 Å². The molecule has 1 aromatic heterocycles. The number of carbonyl (C=O) groups excluding carboxylic acids is 3. The van der Waals surface area contributed by atoms with Crippen LogP contribution in [-0.2, 0) is 21.4 Å². The van der Waals surface area contributed by atoms with Crippen LogP contribution in [0.25, 0.3) is 11.1 Å². The largest absolute Gasteiger partial charge is 0.466 e. The minimum atomic E-state index is -1.40. The molecule has 0 bridgehead atoms. The summed E-state index contributed by atoms with van der Waals surface area (Å²) in [7, 11) is 1.48. The van der Waals surface area contributed by atoms with Gasteiger partial charge in [-0.1, -0.05) is 43.1 Å². The van der Waals surface area contributed by atoms with Crippen molar-refractivity contribution in [1.82, 2.24) is 15.2 Å². The van der Waals surface area contributed by atoms with E-state index < -0.39 is 53.5 Å². The summed E-state index contributed by atoms with van der Waals surface area (Å²) in [6.07, 6.45) is 1.08. The first-order valence-corrected chi connectivity index (χ1v) is 13.9. The van der Waals surface area contributed by atoms with Gasteiger partial charge in [0.1, 0.15) is 11.6 Å². The Labute approximate surface area is 252 Å². The number of nitrogens with one attached hydrogen (secondary N) is 2. The molecule has 3 aromatic rings. The van der Waals surface area contributed by atoms with Crippen molar-refractivity contribution in [2.75, 3.05) is 6.61 Å². The summed E-state index contributed by atoms with van der Waals surface area (Å²) < 4.78 is 36.5. The molecule has 2 N–H and O–H groups in total. The quantitative estimate of drug-likeness (QED) is 0.271. The molecule has 0 aliphatic heterocycles. The zero-order valence-electron chi connectivity index (χ0n) is 23.5. The number of halogens is 4. The molecule has 0 aliphatic carbocycles. The number of pyridine rings is 1. The van der Waals surface area contributed by atoms with Crippen molar-refractivity contribution in [3.63, 3.8) is 0 Å². The van der Waals surface area contributed by atoms with E-state index in [1.54, 1.807) is 13.0 Å². The van der Waals surface area contributed by atoms with E-state index in [4.69, 9.17) is 27.9 Å². The zero-order chi connectivity index (χ0) is 31.1. The number of aromatic nitrogens is 1. The summed E-state index contributed by atoms with van der Waals surface area (Å²) in [6, 6.07) is 7.07. The lowest BCUT2D eigenvalue weighted by Gasteiger charge is -2.25. The molecule has 2 amide bonds. The third-order valence-corrected chi connectivity index (χ3v) is 7.00. The van der Waals surface area contributed by atoms with E-state index in [0.717, 1.165) is 6.07 Å². The fourth-order valence-corrected chi connectivity index (χ4v) is 5.00. The summed E-state index contributed by atoms with van der Waals surface area (Å²) in [5.74, 6) is -4.99. The highest BCUT2D eigenvalue weighted by Crippen LogP contribution is 2.37. The normalized spacial score (nSPS) is 12.5. The molecule has 2 atom stereocenters. The van der Waals surface area contributed by atoms with Gasteiger partial charge in [-0.2, -0.15) is 0 Å². The number of aryl methyl sites for hydroxylation is 1. The lowest BCUT2D eigenvalue weighted by atomic mass is 9.95. The molecular weight excluding hydrogens is 591 g/mol. The van der Waals surface area contributed by atoms with Gasteiger partial charge in [-0.05, 0) is 61.2 Å². The number of ether oxygens (including phenoxy) is 1. The molecular formula is C30H31Cl2F2N3O5. The number of amides is 2. The molecule has 0 spiro atoms. The Morgan fingerprint density at radius 1 is 1.02 bits per heavy atom. The number of nitrogens with zero attached hydrogens (tertiary/aromatic N) is 1. The van der Waals surface area contributed by atoms with Crippen LogP contribution in [0.1, 0.15) is 55.6 Å². The second-order valence-electron chi connectivity index (χ2n) is 10.0. The van der Waals surface area contributed by atoms with Crippen LogP contribution in [0.3, 0.4) is 0 Å². The third-order valence-electron chi connectivity index (χ3n) is 6.37. The van der Waals surface area contributed by atoms with Gasteiger partial charge in [0.15, 0.2) is 11.6 Å². The second kappa shape index (κ2) is 14.4. The topological polar surface area (TPSA) is 106 Å². The molecule has 1 heterocycles. The lowest BCUT2D eigenvalue weighted by Crippen LogP contribution is -2.49. The molecule has 12 heteroatoms. The van der Waals surface area contributed by atoms with Gasteiger partial charge < -0.3 is 19.9 Å². The molecule has 42 heavy (non-hydrogen) atoms. The van der Waals surface area contributed by atoms with Crippen LogP contribution in [0, 0.1) is 17.6 Å². The molecule has 8 nitrogen and oxygen atoms in total. The van der Waals surface area contributed by atoms with E-state index in [1.165, 1.54) is 48.1 Å². The highest BCUT2D eigenvalue weighted by molar-refractivity contribution is 6.39. The number of esters is 1. The fraction of sp³-hybridized carbons (Fsp3) is 0.333. The van der Waals surface area contributed by atoms with Crippen LogP contribution in [0.5, 0.6) is 0 Å². The summed E-state index contributed by atoms with van der Waals surface area (Å²) in [5, 5.41) is 5.50. The van der Waals surface area contributed by atoms with Crippen LogP contribution >= 0.6 is 23.2 Å². The summed E-state index contributed by atoms with van der Waals surface area (Å²) in [4.78, 5) is 51.5. The standard InChI is InChI=1S/C30H31Cl2F2N3O5/c1-5-42-25(38)15-23(19-13-17(14-22(33)27(19)34)26-20(31)9-6-10-21(26)32)35-29(40)24(12-16(2)3)36-28(39)18-8-7-11-37(4)30(18)41/h6-11,13-14,16,23-24H,5,12,15H2,1-4H3,(H,35,40)(H,36,39)/t23-,24-/m0/s1. The van der Waals surface area contributed by atoms with Crippen LogP contribution in [0.15, 0.2) is 53.5 Å². The Balaban J connectivity index is 2.03. The molecule has 0 radical (unpaired) electrons. The number of hydrogen-bond acceptors (Lipinski definition) is 5. The van der Waals surface area contributed by atoms with Crippen molar-refractivity contribution in [2.45, 2.75) is 45.7 Å². The average Bonchev–Trinajstić information content (AvgIpc) is 2.91. The first-order valence-electron chi connectivity index (χ1n) is 13.2. The van der Waals surface area contributed by atoms with Gasteiger partial charge in [0, 0.05) is 34.4 Å². The van der Waals surface area contributed by atoms with Crippen molar-refractivity contribution in [2.24, 2.45) is 13.0 Å². The van der Waals surface area contributed by atoms with E-state index >= 15 is 4.39 Å². The van der Waals surface area contributed by atoms with E-state index in [1.807, 2.05) is 13.8 Å². The van der Waals surface area contributed by atoms with Gasteiger partial charge in [0.25, 0.3) is 11.5 Å². The van der Waals surface area contributed by atoms with Gasteiger partial charge in [-0.25, -0.2) is 8.78 Å². The Bertz CT molecular complexity index is 1520. The fourth-order valence-electron chi connectivity index (χ4n) is 4.39. The van der Waals surface area contributed by atoms with Gasteiger partial charge in [-0.15, -0.1) is 0 Å². The molecule has 0 aliphatic rings. The van der Waals surface area contributed by atoms with Crippen molar-refractivity contribution in [3.8, 4) is 11.1 Å². The predicted octanol–water partition coefficient (Wildman–Crippen LogP) is 5.59. The van der Waals surface area contributed by atoms with E-state index in [2.05, 4.69) is 10.6 Å². The van der Waals surface area contributed by atoms with E-state index in [-0.39, 0.29) is 51.2 Å². The van der Waals surface area contributed by atoms with Crippen LogP contribution in [0.4, 0.5) is 8.78 Å². The maximum atomic E-state index is 15.3. The SMILES string of the molecule is CCOC(=O)C[C@H](NC(=O)[C@H](CC(C)C)NC(=O)c1cccn(C)c1=O)c1cc(-c2c(Cl)cccc2Cl)cc(F)c1F. The minimum absolute atomic E-state index is 0.0175. The highest BCUT2D eigenvalue weighted by Gasteiger charge is 2.30. The Morgan fingerprint density at radius 2 is 1.69 bits per heavy atom. The Kier molecular flexibility index (Phi) is 11.2. The average molecular weight is 622 g/mol. The molecule has 2 aromatic carbocycles. The maximum Gasteiger partial charge on any atom is 0.308 e. The second-order valence-corrected chi connectivity index (χ2v) is 10.8. The Morgan fingerprint density at radius 3 is 2.31 bits per heavy atom. The number of rotatable bonds is 11.